The zero-order chi connectivity index (χ0) is 13.8. The molecule has 0 aliphatic carbocycles. The Balaban J connectivity index is 2.43. The number of carbonyl (C=O) groups is 1. The summed E-state index contributed by atoms with van der Waals surface area (Å²) in [5.74, 6) is 2.66. The van der Waals surface area contributed by atoms with Crippen molar-refractivity contribution in [2.45, 2.75) is 45.3 Å². The molecule has 1 rings (SSSR count). The molecule has 0 spiro atoms. The molecular formula is C14H24N2O2. The van der Waals surface area contributed by atoms with Gasteiger partial charge in [0, 0.05) is 26.2 Å². The molecule has 4 heteroatoms. The van der Waals surface area contributed by atoms with E-state index in [9.17, 15) is 4.79 Å². The number of nitrogens with zero attached hydrogens (tertiary/aromatic N) is 2. The van der Waals surface area contributed by atoms with Gasteiger partial charge >= 0.3 is 6.09 Å². The predicted molar refractivity (Wildman–Crippen MR) is 72.3 cm³/mol. The van der Waals surface area contributed by atoms with Crippen LogP contribution in [0.4, 0.5) is 4.79 Å². The van der Waals surface area contributed by atoms with Crippen LogP contribution in [0.2, 0.25) is 0 Å². The van der Waals surface area contributed by atoms with Crippen molar-refractivity contribution in [3.05, 3.63) is 0 Å². The van der Waals surface area contributed by atoms with Crippen LogP contribution in [0, 0.1) is 12.3 Å². The summed E-state index contributed by atoms with van der Waals surface area (Å²) in [6, 6.07) is 0.258. The second-order valence-electron chi connectivity index (χ2n) is 5.80. The van der Waals surface area contributed by atoms with Gasteiger partial charge in [-0.3, -0.25) is 4.90 Å². The third-order valence-electron chi connectivity index (χ3n) is 3.10. The molecule has 0 radical (unpaired) electrons. The van der Waals surface area contributed by atoms with Gasteiger partial charge in [-0.2, -0.15) is 0 Å². The summed E-state index contributed by atoms with van der Waals surface area (Å²) in [5.41, 5.74) is -0.435. The van der Waals surface area contributed by atoms with E-state index in [-0.39, 0.29) is 12.1 Å². The first-order valence-electron chi connectivity index (χ1n) is 6.45. The summed E-state index contributed by atoms with van der Waals surface area (Å²) in [4.78, 5) is 15.9. The Morgan fingerprint density at radius 2 is 2.00 bits per heavy atom. The zero-order valence-corrected chi connectivity index (χ0v) is 11.9. The maximum absolute atomic E-state index is 11.9. The van der Waals surface area contributed by atoms with E-state index in [2.05, 4.69) is 10.8 Å². The van der Waals surface area contributed by atoms with Crippen molar-refractivity contribution in [1.82, 2.24) is 9.80 Å². The number of terminal acetylenes is 1. The summed E-state index contributed by atoms with van der Waals surface area (Å²) in [6.45, 7) is 8.24. The molecular weight excluding hydrogens is 228 g/mol. The van der Waals surface area contributed by atoms with E-state index in [1.807, 2.05) is 27.8 Å². The first-order valence-corrected chi connectivity index (χ1v) is 6.45. The monoisotopic (exact) mass is 252 g/mol. The molecule has 102 valence electrons. The normalized spacial score (nSPS) is 18.2. The van der Waals surface area contributed by atoms with Gasteiger partial charge in [0.1, 0.15) is 5.60 Å². The van der Waals surface area contributed by atoms with Gasteiger partial charge in [-0.25, -0.2) is 4.79 Å². The van der Waals surface area contributed by atoms with Crippen LogP contribution < -0.4 is 0 Å². The lowest BCUT2D eigenvalue weighted by atomic mass is 10.0. The van der Waals surface area contributed by atoms with Crippen molar-refractivity contribution in [3.8, 4) is 12.3 Å². The molecule has 0 aromatic heterocycles. The highest BCUT2D eigenvalue weighted by Crippen LogP contribution is 2.18. The molecule has 1 saturated heterocycles. The Labute approximate surface area is 110 Å². The van der Waals surface area contributed by atoms with E-state index in [1.165, 1.54) is 0 Å². The van der Waals surface area contributed by atoms with Crippen LogP contribution >= 0.6 is 0 Å². The van der Waals surface area contributed by atoms with E-state index >= 15 is 0 Å². The molecule has 0 bridgehead atoms. The summed E-state index contributed by atoms with van der Waals surface area (Å²) in [7, 11) is 1.82. The third kappa shape index (κ3) is 4.58. The van der Waals surface area contributed by atoms with Gasteiger partial charge in [-0.1, -0.05) is 5.92 Å². The number of ether oxygens (including phenoxy) is 1. The average molecular weight is 252 g/mol. The summed E-state index contributed by atoms with van der Waals surface area (Å²) >= 11 is 0. The Bertz CT molecular complexity index is 320. The smallest absolute Gasteiger partial charge is 0.410 e. The molecule has 1 aliphatic rings. The van der Waals surface area contributed by atoms with Crippen molar-refractivity contribution in [2.75, 3.05) is 26.7 Å². The quantitative estimate of drug-likeness (QED) is 0.704. The maximum atomic E-state index is 11.9. The molecule has 1 heterocycles. The lowest BCUT2D eigenvalue weighted by Crippen LogP contribution is -2.47. The van der Waals surface area contributed by atoms with Crippen molar-refractivity contribution in [2.24, 2.45) is 0 Å². The van der Waals surface area contributed by atoms with Gasteiger partial charge in [-0.05, 0) is 33.6 Å². The highest BCUT2D eigenvalue weighted by atomic mass is 16.6. The number of carbonyl (C=O) groups excluding carboxylic acids is 1. The summed E-state index contributed by atoms with van der Waals surface area (Å²) in [5, 5.41) is 0. The lowest BCUT2D eigenvalue weighted by Gasteiger charge is -2.36. The van der Waals surface area contributed by atoms with Crippen LogP contribution in [0.25, 0.3) is 0 Å². The molecule has 0 atom stereocenters. The molecule has 0 N–H and O–H groups in total. The van der Waals surface area contributed by atoms with Crippen LogP contribution in [0.15, 0.2) is 0 Å². The van der Waals surface area contributed by atoms with Gasteiger partial charge in [0.05, 0.1) is 6.54 Å². The standard InChI is InChI=1S/C14H24N2O2/c1-6-9-16-10-7-12(8-11-16)15(5)13(17)18-14(2,3)4/h1,12H,7-11H2,2-5H3. The van der Waals surface area contributed by atoms with Gasteiger partial charge in [0.15, 0.2) is 0 Å². The Morgan fingerprint density at radius 1 is 1.44 bits per heavy atom. The fourth-order valence-corrected chi connectivity index (χ4v) is 2.08. The molecule has 0 saturated carbocycles. The number of piperidine rings is 1. The van der Waals surface area contributed by atoms with E-state index in [0.29, 0.717) is 6.54 Å². The minimum Gasteiger partial charge on any atom is -0.444 e. The van der Waals surface area contributed by atoms with Crippen LogP contribution in [0.5, 0.6) is 0 Å². The molecule has 4 nitrogen and oxygen atoms in total. The van der Waals surface area contributed by atoms with Crippen molar-refractivity contribution in [3.63, 3.8) is 0 Å². The molecule has 1 fully saturated rings. The number of hydrogen-bond acceptors (Lipinski definition) is 3. The highest BCUT2D eigenvalue weighted by molar-refractivity contribution is 5.68. The van der Waals surface area contributed by atoms with Crippen molar-refractivity contribution >= 4 is 6.09 Å². The van der Waals surface area contributed by atoms with E-state index in [1.54, 1.807) is 4.90 Å². The van der Waals surface area contributed by atoms with E-state index < -0.39 is 5.60 Å². The van der Waals surface area contributed by atoms with Gasteiger partial charge < -0.3 is 9.64 Å². The van der Waals surface area contributed by atoms with Crippen LogP contribution in [0.1, 0.15) is 33.6 Å². The number of hydrogen-bond donors (Lipinski definition) is 0. The molecule has 1 aliphatic heterocycles. The second-order valence-corrected chi connectivity index (χ2v) is 5.80. The predicted octanol–water partition coefficient (Wildman–Crippen LogP) is 1.95. The summed E-state index contributed by atoms with van der Waals surface area (Å²) < 4.78 is 5.37. The Morgan fingerprint density at radius 3 is 2.44 bits per heavy atom. The maximum Gasteiger partial charge on any atom is 0.410 e. The Hall–Kier alpha value is -1.21. The molecule has 18 heavy (non-hydrogen) atoms. The second kappa shape index (κ2) is 6.10. The fourth-order valence-electron chi connectivity index (χ4n) is 2.08. The van der Waals surface area contributed by atoms with Gasteiger partial charge in [0.2, 0.25) is 0 Å². The van der Waals surface area contributed by atoms with Crippen molar-refractivity contribution in [1.29, 1.82) is 0 Å². The molecule has 0 unspecified atom stereocenters. The molecule has 1 amide bonds. The topological polar surface area (TPSA) is 32.8 Å². The lowest BCUT2D eigenvalue weighted by molar-refractivity contribution is 0.0158. The number of amides is 1. The fraction of sp³-hybridized carbons (Fsp3) is 0.786. The van der Waals surface area contributed by atoms with Gasteiger partial charge in [0.25, 0.3) is 0 Å². The minimum absolute atomic E-state index is 0.238. The molecule has 0 aromatic rings. The number of likely N-dealkylation sites (tertiary alicyclic amines) is 1. The largest absolute Gasteiger partial charge is 0.444 e. The van der Waals surface area contributed by atoms with Crippen LogP contribution in [-0.2, 0) is 4.74 Å². The first-order chi connectivity index (χ1) is 8.33. The van der Waals surface area contributed by atoms with Gasteiger partial charge in [-0.15, -0.1) is 6.42 Å². The number of rotatable bonds is 2. The van der Waals surface area contributed by atoms with Crippen LogP contribution in [0.3, 0.4) is 0 Å². The van der Waals surface area contributed by atoms with Crippen LogP contribution in [-0.4, -0.2) is 54.2 Å². The summed E-state index contributed by atoms with van der Waals surface area (Å²) in [6.07, 6.45) is 6.97. The molecule has 0 aromatic carbocycles. The van der Waals surface area contributed by atoms with Crippen molar-refractivity contribution < 1.29 is 9.53 Å². The minimum atomic E-state index is -0.435. The van der Waals surface area contributed by atoms with E-state index in [4.69, 9.17) is 11.2 Å². The Kier molecular flexibility index (Phi) is 5.03. The zero-order valence-electron chi connectivity index (χ0n) is 11.9. The SMILES string of the molecule is C#CCN1CCC(N(C)C(=O)OC(C)(C)C)CC1. The third-order valence-corrected chi connectivity index (χ3v) is 3.10. The first kappa shape index (κ1) is 14.8. The average Bonchev–Trinajstić information content (AvgIpc) is 2.27. The highest BCUT2D eigenvalue weighted by Gasteiger charge is 2.28. The van der Waals surface area contributed by atoms with E-state index in [0.717, 1.165) is 25.9 Å².